The minimum absolute atomic E-state index is 0.0196. The van der Waals surface area contributed by atoms with Crippen LogP contribution in [-0.4, -0.2) is 28.9 Å². The van der Waals surface area contributed by atoms with Crippen LogP contribution < -0.4 is 14.8 Å². The summed E-state index contributed by atoms with van der Waals surface area (Å²) in [5, 5.41) is 7.92. The van der Waals surface area contributed by atoms with E-state index in [2.05, 4.69) is 5.32 Å². The summed E-state index contributed by atoms with van der Waals surface area (Å²) >= 11 is 0. The lowest BCUT2D eigenvalue weighted by atomic mass is 10.0. The van der Waals surface area contributed by atoms with Crippen LogP contribution in [-0.2, 0) is 11.2 Å². The molecule has 6 heteroatoms. The standard InChI is InChI=1S/C24H25N3O3/c1-29-20-13-11-16(15-21(20)30-18-9-5-6-10-18)23-19-12-14-22(28)25-24(19)27(26-23)17-7-3-2-4-8-17/h2-4,7-8,11,13,15,18H,5-6,9-10,12,14H2,1H3,(H,25,28). The third-order valence-corrected chi connectivity index (χ3v) is 5.88. The molecule has 1 aliphatic carbocycles. The molecule has 1 fully saturated rings. The third kappa shape index (κ3) is 3.43. The Balaban J connectivity index is 1.59. The quantitative estimate of drug-likeness (QED) is 0.667. The molecular formula is C24H25N3O3. The number of aromatic nitrogens is 2. The normalized spacial score (nSPS) is 16.2. The maximum atomic E-state index is 12.1. The van der Waals surface area contributed by atoms with Crippen LogP contribution in [0.3, 0.4) is 0 Å². The number of carbonyl (C=O) groups is 1. The Labute approximate surface area is 175 Å². The number of methoxy groups -OCH3 is 1. The van der Waals surface area contributed by atoms with Crippen LogP contribution in [0.15, 0.2) is 48.5 Å². The number of nitrogens with zero attached hydrogens (tertiary/aromatic N) is 2. The van der Waals surface area contributed by atoms with E-state index in [4.69, 9.17) is 14.6 Å². The fourth-order valence-electron chi connectivity index (χ4n) is 4.34. The van der Waals surface area contributed by atoms with Crippen LogP contribution in [0.2, 0.25) is 0 Å². The Bertz CT molecular complexity index is 1070. The maximum Gasteiger partial charge on any atom is 0.225 e. The number of ether oxygens (including phenoxy) is 2. The summed E-state index contributed by atoms with van der Waals surface area (Å²) in [5.41, 5.74) is 3.80. The fraction of sp³-hybridized carbons (Fsp3) is 0.333. The van der Waals surface area contributed by atoms with E-state index in [-0.39, 0.29) is 12.0 Å². The molecule has 1 N–H and O–H groups in total. The highest BCUT2D eigenvalue weighted by Crippen LogP contribution is 2.39. The number of hydrogen-bond acceptors (Lipinski definition) is 4. The summed E-state index contributed by atoms with van der Waals surface area (Å²) < 4.78 is 13.6. The zero-order chi connectivity index (χ0) is 20.5. The van der Waals surface area contributed by atoms with Crippen molar-refractivity contribution in [1.29, 1.82) is 0 Å². The molecule has 1 amide bonds. The fourth-order valence-corrected chi connectivity index (χ4v) is 4.34. The number of anilines is 1. The van der Waals surface area contributed by atoms with Crippen molar-refractivity contribution < 1.29 is 14.3 Å². The molecule has 0 bridgehead atoms. The van der Waals surface area contributed by atoms with E-state index < -0.39 is 0 Å². The van der Waals surface area contributed by atoms with Gasteiger partial charge in [-0.1, -0.05) is 18.2 Å². The van der Waals surface area contributed by atoms with Gasteiger partial charge in [0.05, 0.1) is 24.6 Å². The summed E-state index contributed by atoms with van der Waals surface area (Å²) in [4.78, 5) is 12.1. The minimum atomic E-state index is 0.0196. The lowest BCUT2D eigenvalue weighted by Gasteiger charge is -2.17. The third-order valence-electron chi connectivity index (χ3n) is 5.88. The highest BCUT2D eigenvalue weighted by Gasteiger charge is 2.27. The van der Waals surface area contributed by atoms with Crippen molar-refractivity contribution in [2.75, 3.05) is 12.4 Å². The second-order valence-electron chi connectivity index (χ2n) is 7.86. The Morgan fingerprint density at radius 2 is 1.83 bits per heavy atom. The van der Waals surface area contributed by atoms with E-state index in [1.807, 2.05) is 53.2 Å². The molecule has 3 aromatic rings. The van der Waals surface area contributed by atoms with Gasteiger partial charge in [0.25, 0.3) is 0 Å². The van der Waals surface area contributed by atoms with Crippen LogP contribution in [0.1, 0.15) is 37.7 Å². The van der Waals surface area contributed by atoms with Crippen molar-refractivity contribution >= 4 is 11.7 Å². The predicted molar refractivity (Wildman–Crippen MR) is 115 cm³/mol. The van der Waals surface area contributed by atoms with Crippen molar-refractivity contribution in [1.82, 2.24) is 9.78 Å². The van der Waals surface area contributed by atoms with E-state index in [9.17, 15) is 4.79 Å². The first-order valence-electron chi connectivity index (χ1n) is 10.5. The van der Waals surface area contributed by atoms with Gasteiger partial charge < -0.3 is 14.8 Å². The van der Waals surface area contributed by atoms with E-state index in [1.54, 1.807) is 7.11 Å². The Hall–Kier alpha value is -3.28. The topological polar surface area (TPSA) is 65.4 Å². The number of nitrogens with one attached hydrogen (secondary N) is 1. The molecule has 0 saturated heterocycles. The number of amides is 1. The highest BCUT2D eigenvalue weighted by molar-refractivity contribution is 5.95. The molecule has 30 heavy (non-hydrogen) atoms. The van der Waals surface area contributed by atoms with Gasteiger partial charge in [-0.2, -0.15) is 5.10 Å². The van der Waals surface area contributed by atoms with Crippen LogP contribution in [0.25, 0.3) is 16.9 Å². The van der Waals surface area contributed by atoms with Gasteiger partial charge in [0.15, 0.2) is 11.5 Å². The van der Waals surface area contributed by atoms with Crippen molar-refractivity contribution in [2.24, 2.45) is 0 Å². The minimum Gasteiger partial charge on any atom is -0.493 e. The Morgan fingerprint density at radius 3 is 2.60 bits per heavy atom. The Morgan fingerprint density at radius 1 is 1.03 bits per heavy atom. The zero-order valence-corrected chi connectivity index (χ0v) is 17.1. The number of rotatable bonds is 5. The second-order valence-corrected chi connectivity index (χ2v) is 7.86. The molecule has 0 radical (unpaired) electrons. The molecule has 1 saturated carbocycles. The number of benzene rings is 2. The van der Waals surface area contributed by atoms with Crippen LogP contribution >= 0.6 is 0 Å². The van der Waals surface area contributed by atoms with E-state index >= 15 is 0 Å². The highest BCUT2D eigenvalue weighted by atomic mass is 16.5. The van der Waals surface area contributed by atoms with Gasteiger partial charge in [-0.15, -0.1) is 0 Å². The lowest BCUT2D eigenvalue weighted by Crippen LogP contribution is -2.20. The van der Waals surface area contributed by atoms with Crippen LogP contribution in [0.5, 0.6) is 11.5 Å². The maximum absolute atomic E-state index is 12.1. The molecule has 2 aromatic carbocycles. The number of carbonyl (C=O) groups excluding carboxylic acids is 1. The zero-order valence-electron chi connectivity index (χ0n) is 17.1. The van der Waals surface area contributed by atoms with Crippen LogP contribution in [0, 0.1) is 0 Å². The molecule has 2 aliphatic rings. The van der Waals surface area contributed by atoms with Gasteiger partial charge in [0.2, 0.25) is 5.91 Å². The average molecular weight is 403 g/mol. The molecule has 2 heterocycles. The average Bonchev–Trinajstić information content (AvgIpc) is 3.42. The molecule has 5 rings (SSSR count). The molecule has 0 spiro atoms. The first-order chi connectivity index (χ1) is 14.7. The first kappa shape index (κ1) is 18.7. The van der Waals surface area contributed by atoms with E-state index in [0.29, 0.717) is 12.8 Å². The smallest absolute Gasteiger partial charge is 0.225 e. The van der Waals surface area contributed by atoms with Crippen molar-refractivity contribution in [2.45, 2.75) is 44.6 Å². The SMILES string of the molecule is COc1ccc(-c2nn(-c3ccccc3)c3c2CCC(=O)N3)cc1OC1CCCC1. The predicted octanol–water partition coefficient (Wildman–Crippen LogP) is 4.75. The molecular weight excluding hydrogens is 378 g/mol. The van der Waals surface area contributed by atoms with Crippen LogP contribution in [0.4, 0.5) is 5.82 Å². The summed E-state index contributed by atoms with van der Waals surface area (Å²) in [6.45, 7) is 0. The number of hydrogen-bond donors (Lipinski definition) is 1. The van der Waals surface area contributed by atoms with Gasteiger partial charge in [-0.25, -0.2) is 4.68 Å². The summed E-state index contributed by atoms with van der Waals surface area (Å²) in [7, 11) is 1.66. The van der Waals surface area contributed by atoms with Crippen molar-refractivity contribution in [3.8, 4) is 28.4 Å². The molecule has 1 aromatic heterocycles. The van der Waals surface area contributed by atoms with Gasteiger partial charge in [0, 0.05) is 17.5 Å². The molecule has 154 valence electrons. The first-order valence-corrected chi connectivity index (χ1v) is 10.5. The largest absolute Gasteiger partial charge is 0.493 e. The summed E-state index contributed by atoms with van der Waals surface area (Å²) in [6, 6.07) is 15.8. The van der Waals surface area contributed by atoms with Gasteiger partial charge in [0.1, 0.15) is 5.82 Å². The molecule has 6 nitrogen and oxygen atoms in total. The van der Waals surface area contributed by atoms with Crippen molar-refractivity contribution in [3.63, 3.8) is 0 Å². The van der Waals surface area contributed by atoms with E-state index in [0.717, 1.165) is 52.7 Å². The number of fused-ring (bicyclic) bond motifs is 1. The molecule has 0 atom stereocenters. The van der Waals surface area contributed by atoms with Crippen molar-refractivity contribution in [3.05, 3.63) is 54.1 Å². The monoisotopic (exact) mass is 403 g/mol. The Kier molecular flexibility index (Phi) is 4.91. The lowest BCUT2D eigenvalue weighted by molar-refractivity contribution is -0.116. The van der Waals surface area contributed by atoms with Gasteiger partial charge in [-0.3, -0.25) is 4.79 Å². The molecule has 1 aliphatic heterocycles. The molecule has 0 unspecified atom stereocenters. The second kappa shape index (κ2) is 7.86. The van der Waals surface area contributed by atoms with E-state index in [1.165, 1.54) is 12.8 Å². The summed E-state index contributed by atoms with van der Waals surface area (Å²) in [6.07, 6.45) is 5.94. The van der Waals surface area contributed by atoms with Gasteiger partial charge in [-0.05, 0) is 62.4 Å². The number of para-hydroxylation sites is 1. The van der Waals surface area contributed by atoms with Gasteiger partial charge >= 0.3 is 0 Å². The summed E-state index contributed by atoms with van der Waals surface area (Å²) in [5.74, 6) is 2.26.